The van der Waals surface area contributed by atoms with E-state index in [1.807, 2.05) is 0 Å². The summed E-state index contributed by atoms with van der Waals surface area (Å²) < 4.78 is 0. The van der Waals surface area contributed by atoms with E-state index in [1.165, 1.54) is 12.1 Å². The van der Waals surface area contributed by atoms with Crippen molar-refractivity contribution in [1.82, 2.24) is 4.90 Å². The standard InChI is InChI=1S/C16H27N3/c1-16(2)10-12-18(3)15(9-11-17)13-19(16)14-7-5-4-6-8-14/h4-8,15H,9-13,17H2,1-3H3. The first-order chi connectivity index (χ1) is 9.04. The Bertz CT molecular complexity index is 388. The second kappa shape index (κ2) is 5.93. The zero-order chi connectivity index (χ0) is 13.9. The van der Waals surface area contributed by atoms with Crippen molar-refractivity contribution in [3.63, 3.8) is 0 Å². The fourth-order valence-corrected chi connectivity index (χ4v) is 2.93. The van der Waals surface area contributed by atoms with Crippen molar-refractivity contribution in [3.05, 3.63) is 30.3 Å². The van der Waals surface area contributed by atoms with Gasteiger partial charge in [-0.15, -0.1) is 0 Å². The quantitative estimate of drug-likeness (QED) is 0.906. The Kier molecular flexibility index (Phi) is 4.48. The van der Waals surface area contributed by atoms with Crippen molar-refractivity contribution >= 4 is 5.69 Å². The molecule has 0 spiro atoms. The highest BCUT2D eigenvalue weighted by Crippen LogP contribution is 2.30. The number of anilines is 1. The summed E-state index contributed by atoms with van der Waals surface area (Å²) in [4.78, 5) is 5.02. The Morgan fingerprint density at radius 1 is 1.26 bits per heavy atom. The van der Waals surface area contributed by atoms with Crippen LogP contribution in [0, 0.1) is 0 Å². The van der Waals surface area contributed by atoms with Crippen molar-refractivity contribution in [1.29, 1.82) is 0 Å². The van der Waals surface area contributed by atoms with Gasteiger partial charge in [-0.2, -0.15) is 0 Å². The molecule has 3 nitrogen and oxygen atoms in total. The second-order valence-electron chi connectivity index (χ2n) is 6.22. The normalized spacial score (nSPS) is 24.2. The molecule has 1 atom stereocenters. The number of nitrogens with two attached hydrogens (primary N) is 1. The van der Waals surface area contributed by atoms with Crippen LogP contribution >= 0.6 is 0 Å². The molecule has 1 aromatic carbocycles. The minimum atomic E-state index is 0.193. The number of rotatable bonds is 3. The molecule has 1 aliphatic rings. The molecule has 0 aliphatic carbocycles. The first kappa shape index (κ1) is 14.4. The molecular weight excluding hydrogens is 234 g/mol. The summed E-state index contributed by atoms with van der Waals surface area (Å²) in [5.74, 6) is 0. The van der Waals surface area contributed by atoms with Gasteiger partial charge >= 0.3 is 0 Å². The minimum Gasteiger partial charge on any atom is -0.365 e. The average Bonchev–Trinajstić information content (AvgIpc) is 2.51. The third-order valence-electron chi connectivity index (χ3n) is 4.39. The first-order valence-electron chi connectivity index (χ1n) is 7.27. The summed E-state index contributed by atoms with van der Waals surface area (Å²) in [5, 5.41) is 0. The number of likely N-dealkylation sites (N-methyl/N-ethyl adjacent to an activating group) is 1. The highest BCUT2D eigenvalue weighted by atomic mass is 15.3. The predicted octanol–water partition coefficient (Wildman–Crippen LogP) is 2.32. The fraction of sp³-hybridized carbons (Fsp3) is 0.625. The maximum Gasteiger partial charge on any atom is 0.0371 e. The van der Waals surface area contributed by atoms with Crippen molar-refractivity contribution in [2.24, 2.45) is 5.73 Å². The molecule has 0 saturated carbocycles. The second-order valence-corrected chi connectivity index (χ2v) is 6.22. The molecule has 19 heavy (non-hydrogen) atoms. The SMILES string of the molecule is CN1CCC(C)(C)N(c2ccccc2)CC1CCN. The molecular formula is C16H27N3. The minimum absolute atomic E-state index is 0.193. The lowest BCUT2D eigenvalue weighted by atomic mass is 9.97. The van der Waals surface area contributed by atoms with E-state index < -0.39 is 0 Å². The van der Waals surface area contributed by atoms with Crippen LogP contribution in [-0.4, -0.2) is 43.2 Å². The molecule has 106 valence electrons. The smallest absolute Gasteiger partial charge is 0.0371 e. The van der Waals surface area contributed by atoms with Crippen LogP contribution in [0.15, 0.2) is 30.3 Å². The number of hydrogen-bond donors (Lipinski definition) is 1. The van der Waals surface area contributed by atoms with Gasteiger partial charge in [-0.25, -0.2) is 0 Å². The lowest BCUT2D eigenvalue weighted by Crippen LogP contribution is -2.47. The lowest BCUT2D eigenvalue weighted by molar-refractivity contribution is 0.248. The van der Waals surface area contributed by atoms with Gasteiger partial charge in [-0.3, -0.25) is 0 Å². The summed E-state index contributed by atoms with van der Waals surface area (Å²) in [7, 11) is 2.23. The number of hydrogen-bond acceptors (Lipinski definition) is 3. The Hall–Kier alpha value is -1.06. The molecule has 0 aromatic heterocycles. The molecule has 1 unspecified atom stereocenters. The van der Waals surface area contributed by atoms with Crippen LogP contribution in [-0.2, 0) is 0 Å². The lowest BCUT2D eigenvalue weighted by Gasteiger charge is -2.40. The van der Waals surface area contributed by atoms with Crippen LogP contribution in [0.3, 0.4) is 0 Å². The van der Waals surface area contributed by atoms with Crippen molar-refractivity contribution in [3.8, 4) is 0 Å². The largest absolute Gasteiger partial charge is 0.365 e. The molecule has 2 N–H and O–H groups in total. The van der Waals surface area contributed by atoms with E-state index in [-0.39, 0.29) is 5.54 Å². The van der Waals surface area contributed by atoms with Gasteiger partial charge in [0.1, 0.15) is 0 Å². The van der Waals surface area contributed by atoms with Gasteiger partial charge in [0.05, 0.1) is 0 Å². The summed E-state index contributed by atoms with van der Waals surface area (Å²) in [6.07, 6.45) is 2.25. The molecule has 3 heteroatoms. The molecule has 0 amide bonds. The maximum atomic E-state index is 5.78. The average molecular weight is 261 g/mol. The van der Waals surface area contributed by atoms with Crippen LogP contribution in [0.5, 0.6) is 0 Å². The monoisotopic (exact) mass is 261 g/mol. The van der Waals surface area contributed by atoms with Gasteiger partial charge in [0.2, 0.25) is 0 Å². The predicted molar refractivity (Wildman–Crippen MR) is 82.6 cm³/mol. The summed E-state index contributed by atoms with van der Waals surface area (Å²) in [6, 6.07) is 11.3. The summed E-state index contributed by atoms with van der Waals surface area (Å²) in [6.45, 7) is 7.65. The molecule has 1 heterocycles. The zero-order valence-electron chi connectivity index (χ0n) is 12.5. The third kappa shape index (κ3) is 3.28. The van der Waals surface area contributed by atoms with Gasteiger partial charge in [-0.05, 0) is 52.4 Å². The van der Waals surface area contributed by atoms with E-state index >= 15 is 0 Å². The Labute approximate surface area is 117 Å². The maximum absolute atomic E-state index is 5.78. The van der Waals surface area contributed by atoms with E-state index in [2.05, 4.69) is 61.0 Å². The van der Waals surface area contributed by atoms with Gasteiger partial charge in [0.25, 0.3) is 0 Å². The topological polar surface area (TPSA) is 32.5 Å². The van der Waals surface area contributed by atoms with Crippen LogP contribution in [0.4, 0.5) is 5.69 Å². The zero-order valence-corrected chi connectivity index (χ0v) is 12.5. The van der Waals surface area contributed by atoms with Crippen LogP contribution < -0.4 is 10.6 Å². The molecule has 1 aliphatic heterocycles. The molecule has 0 bridgehead atoms. The molecule has 1 aromatic rings. The van der Waals surface area contributed by atoms with E-state index in [0.29, 0.717) is 6.04 Å². The Morgan fingerprint density at radius 3 is 2.58 bits per heavy atom. The van der Waals surface area contributed by atoms with Crippen molar-refractivity contribution < 1.29 is 0 Å². The highest BCUT2D eigenvalue weighted by molar-refractivity contribution is 5.49. The van der Waals surface area contributed by atoms with Gasteiger partial charge in [0, 0.05) is 30.4 Å². The Balaban J connectivity index is 2.26. The highest BCUT2D eigenvalue weighted by Gasteiger charge is 2.33. The van der Waals surface area contributed by atoms with Crippen LogP contribution in [0.25, 0.3) is 0 Å². The van der Waals surface area contributed by atoms with Crippen molar-refractivity contribution in [2.75, 3.05) is 31.6 Å². The summed E-state index contributed by atoms with van der Waals surface area (Å²) in [5.41, 5.74) is 7.30. The summed E-state index contributed by atoms with van der Waals surface area (Å²) >= 11 is 0. The van der Waals surface area contributed by atoms with Crippen LogP contribution in [0.2, 0.25) is 0 Å². The Morgan fingerprint density at radius 2 is 1.95 bits per heavy atom. The van der Waals surface area contributed by atoms with E-state index in [4.69, 9.17) is 5.73 Å². The molecule has 2 rings (SSSR count). The molecule has 1 saturated heterocycles. The van der Waals surface area contributed by atoms with Crippen molar-refractivity contribution in [2.45, 2.75) is 38.3 Å². The fourth-order valence-electron chi connectivity index (χ4n) is 2.93. The molecule has 0 radical (unpaired) electrons. The van der Waals surface area contributed by atoms with E-state index in [0.717, 1.165) is 26.1 Å². The third-order valence-corrected chi connectivity index (χ3v) is 4.39. The van der Waals surface area contributed by atoms with Gasteiger partial charge in [-0.1, -0.05) is 18.2 Å². The van der Waals surface area contributed by atoms with Gasteiger partial charge in [0.15, 0.2) is 0 Å². The van der Waals surface area contributed by atoms with Gasteiger partial charge < -0.3 is 15.5 Å². The van der Waals surface area contributed by atoms with E-state index in [9.17, 15) is 0 Å². The number of nitrogens with zero attached hydrogens (tertiary/aromatic N) is 2. The van der Waals surface area contributed by atoms with E-state index in [1.54, 1.807) is 0 Å². The van der Waals surface area contributed by atoms with Crippen LogP contribution in [0.1, 0.15) is 26.7 Å². The first-order valence-corrected chi connectivity index (χ1v) is 7.27. The number of para-hydroxylation sites is 1. The number of benzene rings is 1. The molecule has 1 fully saturated rings.